The first kappa shape index (κ1) is 13.5. The molecule has 1 aromatic carbocycles. The summed E-state index contributed by atoms with van der Waals surface area (Å²) in [5.74, 6) is 1.77. The Balaban J connectivity index is 1.66. The summed E-state index contributed by atoms with van der Waals surface area (Å²) in [6.07, 6.45) is 1.15. The molecule has 1 aliphatic heterocycles. The summed E-state index contributed by atoms with van der Waals surface area (Å²) in [4.78, 5) is 2.30. The summed E-state index contributed by atoms with van der Waals surface area (Å²) < 4.78 is 5.70. The molecule has 0 saturated carbocycles. The van der Waals surface area contributed by atoms with E-state index >= 15 is 0 Å². The van der Waals surface area contributed by atoms with Crippen molar-refractivity contribution in [2.45, 2.75) is 13.0 Å². The number of benzene rings is 1. The zero-order valence-electron chi connectivity index (χ0n) is 11.1. The second-order valence-corrected chi connectivity index (χ2v) is 5.57. The largest absolute Gasteiger partial charge is 0.419 e. The number of likely N-dealkylation sites (tertiary alicyclic amines) is 1. The van der Waals surface area contributed by atoms with Crippen LogP contribution in [0.15, 0.2) is 28.7 Å². The van der Waals surface area contributed by atoms with E-state index in [1.54, 1.807) is 0 Å². The van der Waals surface area contributed by atoms with E-state index in [1.165, 1.54) is 0 Å². The standard InChI is InChI=1S/C14H17ClN4O/c15-12-3-1-11(2-4-12)14-18-17-13(20-14)9-19-6-5-10(7-16)8-19/h1-4,10H,5-9,16H2. The molecule has 106 valence electrons. The Bertz CT molecular complexity index is 569. The fraction of sp³-hybridized carbons (Fsp3) is 0.429. The Morgan fingerprint density at radius 3 is 2.80 bits per heavy atom. The average Bonchev–Trinajstić information content (AvgIpc) is 3.09. The van der Waals surface area contributed by atoms with Crippen LogP contribution in [0.5, 0.6) is 0 Å². The van der Waals surface area contributed by atoms with Crippen molar-refractivity contribution in [3.63, 3.8) is 0 Å². The van der Waals surface area contributed by atoms with Crippen LogP contribution in [0.2, 0.25) is 5.02 Å². The first-order chi connectivity index (χ1) is 9.74. The highest BCUT2D eigenvalue weighted by Gasteiger charge is 2.22. The van der Waals surface area contributed by atoms with E-state index < -0.39 is 0 Å². The summed E-state index contributed by atoms with van der Waals surface area (Å²) in [6, 6.07) is 7.38. The van der Waals surface area contributed by atoms with Crippen LogP contribution in [0.1, 0.15) is 12.3 Å². The number of hydrogen-bond acceptors (Lipinski definition) is 5. The Morgan fingerprint density at radius 1 is 1.30 bits per heavy atom. The maximum absolute atomic E-state index is 5.86. The van der Waals surface area contributed by atoms with E-state index in [2.05, 4.69) is 15.1 Å². The van der Waals surface area contributed by atoms with Crippen LogP contribution in [-0.4, -0.2) is 34.7 Å². The van der Waals surface area contributed by atoms with Gasteiger partial charge in [-0.05, 0) is 49.7 Å². The van der Waals surface area contributed by atoms with Crippen molar-refractivity contribution in [1.29, 1.82) is 0 Å². The maximum Gasteiger partial charge on any atom is 0.247 e. The minimum absolute atomic E-state index is 0.534. The van der Waals surface area contributed by atoms with Crippen LogP contribution in [0.25, 0.3) is 11.5 Å². The second-order valence-electron chi connectivity index (χ2n) is 5.13. The highest BCUT2D eigenvalue weighted by molar-refractivity contribution is 6.30. The fourth-order valence-corrected chi connectivity index (χ4v) is 2.59. The van der Waals surface area contributed by atoms with Gasteiger partial charge in [0.15, 0.2) is 0 Å². The summed E-state index contributed by atoms with van der Waals surface area (Å²) in [5, 5.41) is 8.89. The van der Waals surface area contributed by atoms with Gasteiger partial charge in [0, 0.05) is 17.1 Å². The monoisotopic (exact) mass is 292 g/mol. The Hall–Kier alpha value is -1.43. The summed E-state index contributed by atoms with van der Waals surface area (Å²) >= 11 is 5.86. The van der Waals surface area contributed by atoms with Gasteiger partial charge in [-0.2, -0.15) is 0 Å². The highest BCUT2D eigenvalue weighted by atomic mass is 35.5. The lowest BCUT2D eigenvalue weighted by Gasteiger charge is -2.12. The van der Waals surface area contributed by atoms with Gasteiger partial charge in [-0.15, -0.1) is 10.2 Å². The predicted molar refractivity (Wildman–Crippen MR) is 77.2 cm³/mol. The van der Waals surface area contributed by atoms with Crippen molar-refractivity contribution < 1.29 is 4.42 Å². The second kappa shape index (κ2) is 5.91. The number of hydrogen-bond donors (Lipinski definition) is 1. The molecule has 2 N–H and O–H groups in total. The van der Waals surface area contributed by atoms with Crippen LogP contribution < -0.4 is 5.73 Å². The van der Waals surface area contributed by atoms with Crippen LogP contribution in [0.4, 0.5) is 0 Å². The molecule has 20 heavy (non-hydrogen) atoms. The van der Waals surface area contributed by atoms with E-state index in [0.717, 1.165) is 31.6 Å². The molecule has 5 nitrogen and oxygen atoms in total. The third-order valence-corrected chi connectivity index (χ3v) is 3.87. The zero-order chi connectivity index (χ0) is 13.9. The lowest BCUT2D eigenvalue weighted by molar-refractivity contribution is 0.282. The molecule has 1 aromatic heterocycles. The van der Waals surface area contributed by atoms with Crippen molar-refractivity contribution in [2.75, 3.05) is 19.6 Å². The lowest BCUT2D eigenvalue weighted by atomic mass is 10.1. The van der Waals surface area contributed by atoms with Gasteiger partial charge < -0.3 is 10.2 Å². The summed E-state index contributed by atoms with van der Waals surface area (Å²) in [6.45, 7) is 3.49. The molecular formula is C14H17ClN4O. The molecule has 0 bridgehead atoms. The first-order valence-electron chi connectivity index (χ1n) is 6.75. The fourth-order valence-electron chi connectivity index (χ4n) is 2.47. The van der Waals surface area contributed by atoms with Crippen molar-refractivity contribution in [2.24, 2.45) is 11.7 Å². The third kappa shape index (κ3) is 3.00. The van der Waals surface area contributed by atoms with E-state index in [-0.39, 0.29) is 0 Å². The molecule has 2 heterocycles. The molecule has 1 aliphatic rings. The number of nitrogens with two attached hydrogens (primary N) is 1. The highest BCUT2D eigenvalue weighted by Crippen LogP contribution is 2.22. The molecule has 1 fully saturated rings. The van der Waals surface area contributed by atoms with Crippen LogP contribution >= 0.6 is 11.6 Å². The SMILES string of the molecule is NCC1CCN(Cc2nnc(-c3ccc(Cl)cc3)o2)C1. The Kier molecular flexibility index (Phi) is 4.00. The van der Waals surface area contributed by atoms with E-state index in [1.807, 2.05) is 24.3 Å². The average molecular weight is 293 g/mol. The van der Waals surface area contributed by atoms with Gasteiger partial charge in [0.05, 0.1) is 6.54 Å². The van der Waals surface area contributed by atoms with E-state index in [9.17, 15) is 0 Å². The minimum Gasteiger partial charge on any atom is -0.419 e. The topological polar surface area (TPSA) is 68.2 Å². The van der Waals surface area contributed by atoms with Crippen LogP contribution in [-0.2, 0) is 6.54 Å². The smallest absolute Gasteiger partial charge is 0.247 e. The molecular weight excluding hydrogens is 276 g/mol. The third-order valence-electron chi connectivity index (χ3n) is 3.62. The lowest BCUT2D eigenvalue weighted by Crippen LogP contribution is -2.22. The van der Waals surface area contributed by atoms with Crippen molar-refractivity contribution in [1.82, 2.24) is 15.1 Å². The van der Waals surface area contributed by atoms with Gasteiger partial charge in [-0.1, -0.05) is 11.6 Å². The zero-order valence-corrected chi connectivity index (χ0v) is 11.9. The summed E-state index contributed by atoms with van der Waals surface area (Å²) in [7, 11) is 0. The first-order valence-corrected chi connectivity index (χ1v) is 7.13. The van der Waals surface area contributed by atoms with Gasteiger partial charge in [-0.25, -0.2) is 0 Å². The number of halogens is 1. The maximum atomic E-state index is 5.86. The molecule has 6 heteroatoms. The number of nitrogens with zero attached hydrogens (tertiary/aromatic N) is 3. The van der Waals surface area contributed by atoms with Crippen molar-refractivity contribution >= 4 is 11.6 Å². The molecule has 0 amide bonds. The molecule has 1 unspecified atom stereocenters. The molecule has 0 radical (unpaired) electrons. The molecule has 3 rings (SSSR count). The van der Waals surface area contributed by atoms with Crippen molar-refractivity contribution in [3.8, 4) is 11.5 Å². The quantitative estimate of drug-likeness (QED) is 0.935. The number of aromatic nitrogens is 2. The predicted octanol–water partition coefficient (Wildman–Crippen LogP) is 2.17. The molecule has 0 spiro atoms. The Labute approximate surface area is 122 Å². The van der Waals surface area contributed by atoms with Crippen molar-refractivity contribution in [3.05, 3.63) is 35.2 Å². The molecule has 1 atom stereocenters. The van der Waals surface area contributed by atoms with E-state index in [0.29, 0.717) is 29.3 Å². The van der Waals surface area contributed by atoms with Gasteiger partial charge in [0.25, 0.3) is 0 Å². The van der Waals surface area contributed by atoms with Crippen LogP contribution in [0, 0.1) is 5.92 Å². The molecule has 2 aromatic rings. The van der Waals surface area contributed by atoms with E-state index in [4.69, 9.17) is 21.8 Å². The number of rotatable bonds is 4. The van der Waals surface area contributed by atoms with Gasteiger partial charge in [0.2, 0.25) is 11.8 Å². The van der Waals surface area contributed by atoms with Crippen LogP contribution in [0.3, 0.4) is 0 Å². The molecule has 0 aliphatic carbocycles. The normalized spacial score (nSPS) is 19.6. The summed E-state index contributed by atoms with van der Waals surface area (Å²) in [5.41, 5.74) is 6.58. The van der Waals surface area contributed by atoms with Gasteiger partial charge in [-0.3, -0.25) is 4.90 Å². The van der Waals surface area contributed by atoms with Gasteiger partial charge >= 0.3 is 0 Å². The Morgan fingerprint density at radius 2 is 2.10 bits per heavy atom. The minimum atomic E-state index is 0.534. The molecule has 1 saturated heterocycles. The van der Waals surface area contributed by atoms with Gasteiger partial charge in [0.1, 0.15) is 0 Å².